The molecule has 176 valence electrons. The lowest BCUT2D eigenvalue weighted by Crippen LogP contribution is -2.51. The standard InChI is InChI=1S/C26H26N2O5S/c1-18-16-27(26(30)33-17-20-7-5-4-6-8-20)25-15-22(11-14-24(25)28(18)19(2)29)21-9-12-23(13-10-21)34(3,31)32/h4-15,18H,16-17H2,1-3H3/t18-/m0/s1. The van der Waals surface area contributed by atoms with Gasteiger partial charge in [-0.25, -0.2) is 13.2 Å². The highest BCUT2D eigenvalue weighted by Crippen LogP contribution is 2.39. The van der Waals surface area contributed by atoms with Gasteiger partial charge in [0.25, 0.3) is 0 Å². The van der Waals surface area contributed by atoms with E-state index < -0.39 is 15.9 Å². The lowest BCUT2D eigenvalue weighted by Gasteiger charge is -2.40. The predicted molar refractivity (Wildman–Crippen MR) is 132 cm³/mol. The molecule has 8 heteroatoms. The van der Waals surface area contributed by atoms with E-state index in [1.165, 1.54) is 6.92 Å². The molecule has 0 fully saturated rings. The number of carbonyl (C=O) groups excluding carboxylic acids is 2. The fourth-order valence-corrected chi connectivity index (χ4v) is 4.78. The third kappa shape index (κ3) is 4.82. The van der Waals surface area contributed by atoms with Gasteiger partial charge in [0.05, 0.1) is 22.3 Å². The molecule has 4 rings (SSSR count). The summed E-state index contributed by atoms with van der Waals surface area (Å²) in [7, 11) is -3.30. The highest BCUT2D eigenvalue weighted by molar-refractivity contribution is 7.90. The molecule has 0 spiro atoms. The van der Waals surface area contributed by atoms with E-state index in [0.717, 1.165) is 22.9 Å². The van der Waals surface area contributed by atoms with Gasteiger partial charge in [-0.15, -0.1) is 0 Å². The van der Waals surface area contributed by atoms with Crippen LogP contribution in [-0.4, -0.2) is 39.3 Å². The van der Waals surface area contributed by atoms with E-state index in [1.807, 2.05) is 55.5 Å². The Hall–Kier alpha value is -3.65. The zero-order valence-corrected chi connectivity index (χ0v) is 20.1. The normalized spacial score (nSPS) is 15.6. The number of sulfone groups is 1. The lowest BCUT2D eigenvalue weighted by molar-refractivity contribution is -0.117. The summed E-state index contributed by atoms with van der Waals surface area (Å²) in [4.78, 5) is 28.9. The Morgan fingerprint density at radius 1 is 0.941 bits per heavy atom. The predicted octanol–water partition coefficient (Wildman–Crippen LogP) is 4.66. The summed E-state index contributed by atoms with van der Waals surface area (Å²) in [6, 6.07) is 21.3. The zero-order chi connectivity index (χ0) is 24.5. The quantitative estimate of drug-likeness (QED) is 0.545. The molecule has 7 nitrogen and oxygen atoms in total. The molecule has 0 saturated carbocycles. The van der Waals surface area contributed by atoms with Crippen molar-refractivity contribution in [2.75, 3.05) is 22.6 Å². The molecule has 0 aromatic heterocycles. The Kier molecular flexibility index (Phi) is 6.43. The molecule has 1 aliphatic rings. The van der Waals surface area contributed by atoms with Crippen LogP contribution < -0.4 is 9.80 Å². The van der Waals surface area contributed by atoms with Crippen LogP contribution in [0, 0.1) is 0 Å². The van der Waals surface area contributed by atoms with Gasteiger partial charge in [-0.3, -0.25) is 9.69 Å². The van der Waals surface area contributed by atoms with Crippen molar-refractivity contribution in [2.24, 2.45) is 0 Å². The van der Waals surface area contributed by atoms with Crippen LogP contribution in [0.15, 0.2) is 77.7 Å². The lowest BCUT2D eigenvalue weighted by atomic mass is 10.0. The monoisotopic (exact) mass is 478 g/mol. The van der Waals surface area contributed by atoms with Crippen LogP contribution in [0.2, 0.25) is 0 Å². The molecule has 0 saturated heterocycles. The number of nitrogens with zero attached hydrogens (tertiary/aromatic N) is 2. The van der Waals surface area contributed by atoms with Crippen LogP contribution in [0.25, 0.3) is 11.1 Å². The van der Waals surface area contributed by atoms with E-state index in [4.69, 9.17) is 4.74 Å². The first-order chi connectivity index (χ1) is 16.1. The van der Waals surface area contributed by atoms with Crippen molar-refractivity contribution in [3.63, 3.8) is 0 Å². The second-order valence-corrected chi connectivity index (χ2v) is 10.4. The number of anilines is 2. The van der Waals surface area contributed by atoms with Crippen LogP contribution in [0.5, 0.6) is 0 Å². The van der Waals surface area contributed by atoms with Crippen LogP contribution in [0.1, 0.15) is 19.4 Å². The van der Waals surface area contributed by atoms with E-state index in [0.29, 0.717) is 11.4 Å². The molecule has 1 heterocycles. The van der Waals surface area contributed by atoms with Crippen molar-refractivity contribution in [3.05, 3.63) is 78.4 Å². The maximum Gasteiger partial charge on any atom is 0.414 e. The number of ether oxygens (including phenoxy) is 1. The Morgan fingerprint density at radius 3 is 2.21 bits per heavy atom. The van der Waals surface area contributed by atoms with Gasteiger partial charge in [0.15, 0.2) is 9.84 Å². The summed E-state index contributed by atoms with van der Waals surface area (Å²) in [6.07, 6.45) is 0.668. The van der Waals surface area contributed by atoms with E-state index in [1.54, 1.807) is 34.1 Å². The Balaban J connectivity index is 1.69. The molecule has 0 radical (unpaired) electrons. The van der Waals surface area contributed by atoms with Crippen molar-refractivity contribution >= 4 is 33.2 Å². The minimum atomic E-state index is -3.30. The summed E-state index contributed by atoms with van der Waals surface area (Å²) in [5, 5.41) is 0. The molecule has 2 amide bonds. The molecule has 0 aliphatic carbocycles. The molecular formula is C26H26N2O5S. The zero-order valence-electron chi connectivity index (χ0n) is 19.3. The van der Waals surface area contributed by atoms with Gasteiger partial charge in [-0.1, -0.05) is 48.5 Å². The summed E-state index contributed by atoms with van der Waals surface area (Å²) >= 11 is 0. The highest BCUT2D eigenvalue weighted by atomic mass is 32.2. The first kappa shape index (κ1) is 23.5. The Bertz CT molecular complexity index is 1320. The summed E-state index contributed by atoms with van der Waals surface area (Å²) in [6.45, 7) is 3.82. The first-order valence-corrected chi connectivity index (χ1v) is 12.8. The maximum absolute atomic E-state index is 13.1. The second kappa shape index (κ2) is 9.30. The SMILES string of the molecule is CC(=O)N1c2ccc(-c3ccc(S(C)(=O)=O)cc3)cc2N(C(=O)OCc2ccccc2)C[C@@H]1C. The number of amides is 2. The molecule has 1 atom stereocenters. The van der Waals surface area contributed by atoms with Crippen LogP contribution in [0.4, 0.5) is 16.2 Å². The first-order valence-electron chi connectivity index (χ1n) is 10.9. The van der Waals surface area contributed by atoms with Crippen molar-refractivity contribution in [2.45, 2.75) is 31.4 Å². The molecule has 34 heavy (non-hydrogen) atoms. The Labute approximate surface area is 199 Å². The third-order valence-corrected chi connectivity index (χ3v) is 6.92. The minimum absolute atomic E-state index is 0.115. The number of benzene rings is 3. The second-order valence-electron chi connectivity index (χ2n) is 8.39. The summed E-state index contributed by atoms with van der Waals surface area (Å²) < 4.78 is 29.2. The fourth-order valence-electron chi connectivity index (χ4n) is 4.15. The molecule has 1 aliphatic heterocycles. The topological polar surface area (TPSA) is 84.0 Å². The van der Waals surface area contributed by atoms with Gasteiger partial charge in [0.2, 0.25) is 5.91 Å². The minimum Gasteiger partial charge on any atom is -0.444 e. The van der Waals surface area contributed by atoms with Gasteiger partial charge in [-0.05, 0) is 47.9 Å². The molecule has 3 aromatic carbocycles. The van der Waals surface area contributed by atoms with Crippen LogP contribution in [-0.2, 0) is 26.0 Å². The van der Waals surface area contributed by atoms with Crippen LogP contribution >= 0.6 is 0 Å². The van der Waals surface area contributed by atoms with Crippen molar-refractivity contribution in [1.82, 2.24) is 0 Å². The number of hydrogen-bond acceptors (Lipinski definition) is 5. The van der Waals surface area contributed by atoms with Crippen molar-refractivity contribution in [3.8, 4) is 11.1 Å². The molecular weight excluding hydrogens is 452 g/mol. The molecule has 0 unspecified atom stereocenters. The average molecular weight is 479 g/mol. The molecule has 0 bridgehead atoms. The smallest absolute Gasteiger partial charge is 0.414 e. The molecule has 3 aromatic rings. The van der Waals surface area contributed by atoms with Gasteiger partial charge >= 0.3 is 6.09 Å². The highest BCUT2D eigenvalue weighted by Gasteiger charge is 2.34. The molecule has 0 N–H and O–H groups in total. The number of hydrogen-bond donors (Lipinski definition) is 0. The van der Waals surface area contributed by atoms with Gasteiger partial charge < -0.3 is 9.64 Å². The number of fused-ring (bicyclic) bond motifs is 1. The third-order valence-electron chi connectivity index (χ3n) is 5.79. The van der Waals surface area contributed by atoms with E-state index in [-0.39, 0.29) is 30.0 Å². The van der Waals surface area contributed by atoms with E-state index >= 15 is 0 Å². The largest absolute Gasteiger partial charge is 0.444 e. The summed E-state index contributed by atoms with van der Waals surface area (Å²) in [5.74, 6) is -0.115. The Morgan fingerprint density at radius 2 is 1.59 bits per heavy atom. The fraction of sp³-hybridized carbons (Fsp3) is 0.231. The number of rotatable bonds is 4. The maximum atomic E-state index is 13.1. The number of carbonyl (C=O) groups is 2. The average Bonchev–Trinajstić information content (AvgIpc) is 2.81. The summed E-state index contributed by atoms with van der Waals surface area (Å²) in [5.41, 5.74) is 3.65. The van der Waals surface area contributed by atoms with Gasteiger partial charge in [0.1, 0.15) is 6.61 Å². The van der Waals surface area contributed by atoms with E-state index in [2.05, 4.69) is 0 Å². The van der Waals surface area contributed by atoms with Gasteiger partial charge in [0, 0.05) is 19.7 Å². The van der Waals surface area contributed by atoms with Gasteiger partial charge in [-0.2, -0.15) is 0 Å². The van der Waals surface area contributed by atoms with E-state index in [9.17, 15) is 18.0 Å². The van der Waals surface area contributed by atoms with Crippen molar-refractivity contribution in [1.29, 1.82) is 0 Å². The van der Waals surface area contributed by atoms with Crippen LogP contribution in [0.3, 0.4) is 0 Å². The van der Waals surface area contributed by atoms with Crippen molar-refractivity contribution < 1.29 is 22.7 Å².